The Hall–Kier alpha value is -4.16. The van der Waals surface area contributed by atoms with Crippen LogP contribution in [0.5, 0.6) is 0 Å². The van der Waals surface area contributed by atoms with Crippen molar-refractivity contribution in [2.24, 2.45) is 17.3 Å². The van der Waals surface area contributed by atoms with Crippen molar-refractivity contribution in [2.45, 2.75) is 37.6 Å². The molecule has 1 aliphatic heterocycles. The first-order chi connectivity index (χ1) is 17.0. The van der Waals surface area contributed by atoms with Crippen LogP contribution in [-0.4, -0.2) is 11.0 Å². The Morgan fingerprint density at radius 3 is 2.34 bits per heavy atom. The van der Waals surface area contributed by atoms with Crippen LogP contribution >= 0.6 is 0 Å². The number of fused-ring (bicyclic) bond motifs is 2. The average molecular weight is 463 g/mol. The molecular formula is C29H26N4O2. The first kappa shape index (κ1) is 22.6. The van der Waals surface area contributed by atoms with E-state index in [0.717, 1.165) is 29.7 Å². The molecular weight excluding hydrogens is 436 g/mol. The number of nitrogens with zero attached hydrogens (tertiary/aromatic N) is 3. The molecule has 3 aromatic rings. The minimum Gasteiger partial charge on any atom is -0.382 e. The van der Waals surface area contributed by atoms with Gasteiger partial charge >= 0.3 is 0 Å². The van der Waals surface area contributed by atoms with Gasteiger partial charge in [0.25, 0.3) is 5.69 Å². The normalized spacial score (nSPS) is 24.1. The Balaban J connectivity index is 1.54. The van der Waals surface area contributed by atoms with Gasteiger partial charge in [-0.05, 0) is 60.3 Å². The Morgan fingerprint density at radius 2 is 1.69 bits per heavy atom. The highest BCUT2D eigenvalue weighted by Crippen LogP contribution is 2.55. The maximum absolute atomic E-state index is 11.5. The molecule has 0 saturated heterocycles. The van der Waals surface area contributed by atoms with Crippen LogP contribution in [0.25, 0.3) is 0 Å². The molecule has 0 aromatic heterocycles. The predicted molar refractivity (Wildman–Crippen MR) is 133 cm³/mol. The molecule has 174 valence electrons. The van der Waals surface area contributed by atoms with Crippen molar-refractivity contribution >= 4 is 11.4 Å². The highest BCUT2D eigenvalue weighted by molar-refractivity contribution is 5.63. The minimum atomic E-state index is -1.09. The topological polar surface area (TPSA) is 103 Å². The van der Waals surface area contributed by atoms with Gasteiger partial charge in [0.05, 0.1) is 17.1 Å². The molecule has 35 heavy (non-hydrogen) atoms. The van der Waals surface area contributed by atoms with Gasteiger partial charge in [-0.15, -0.1) is 0 Å². The zero-order valence-electron chi connectivity index (χ0n) is 19.3. The van der Waals surface area contributed by atoms with Crippen molar-refractivity contribution in [1.29, 1.82) is 10.5 Å². The highest BCUT2D eigenvalue weighted by Gasteiger charge is 2.52. The van der Waals surface area contributed by atoms with Crippen LogP contribution in [0.2, 0.25) is 0 Å². The van der Waals surface area contributed by atoms with E-state index in [9.17, 15) is 20.6 Å². The van der Waals surface area contributed by atoms with Crippen LogP contribution in [-0.2, 0) is 6.42 Å². The van der Waals surface area contributed by atoms with Crippen LogP contribution in [0.4, 0.5) is 11.4 Å². The third-order valence-corrected chi connectivity index (χ3v) is 7.84. The van der Waals surface area contributed by atoms with E-state index in [1.807, 2.05) is 48.5 Å². The smallest absolute Gasteiger partial charge is 0.269 e. The van der Waals surface area contributed by atoms with Gasteiger partial charge in [-0.1, -0.05) is 60.7 Å². The molecule has 1 fully saturated rings. The summed E-state index contributed by atoms with van der Waals surface area (Å²) < 4.78 is 0. The molecule has 0 bridgehead atoms. The molecule has 6 heteroatoms. The molecule has 1 aliphatic carbocycles. The molecule has 2 aliphatic rings. The number of rotatable bonds is 5. The monoisotopic (exact) mass is 462 g/mol. The van der Waals surface area contributed by atoms with Crippen LogP contribution < -0.4 is 5.32 Å². The Morgan fingerprint density at radius 1 is 1.00 bits per heavy atom. The summed E-state index contributed by atoms with van der Waals surface area (Å²) in [7, 11) is 0. The number of hydrogen-bond acceptors (Lipinski definition) is 5. The number of nitro benzene ring substituents is 1. The molecule has 0 radical (unpaired) electrons. The zero-order valence-corrected chi connectivity index (χ0v) is 19.3. The van der Waals surface area contributed by atoms with Crippen LogP contribution in [0.15, 0.2) is 78.9 Å². The number of hydrogen-bond donors (Lipinski definition) is 1. The molecule has 1 heterocycles. The van der Waals surface area contributed by atoms with E-state index in [1.165, 1.54) is 5.56 Å². The summed E-state index contributed by atoms with van der Waals surface area (Å²) in [6, 6.07) is 30.0. The van der Waals surface area contributed by atoms with Crippen molar-refractivity contribution in [3.8, 4) is 12.1 Å². The summed E-state index contributed by atoms with van der Waals surface area (Å²) in [5, 5.41) is 35.7. The summed E-state index contributed by atoms with van der Waals surface area (Å²) in [5.41, 5.74) is 2.97. The largest absolute Gasteiger partial charge is 0.382 e. The number of nitro groups is 1. The van der Waals surface area contributed by atoms with Gasteiger partial charge in [0.15, 0.2) is 0 Å². The number of nitriles is 2. The van der Waals surface area contributed by atoms with Gasteiger partial charge in [0.1, 0.15) is 5.41 Å². The van der Waals surface area contributed by atoms with Gasteiger partial charge in [-0.2, -0.15) is 10.5 Å². The van der Waals surface area contributed by atoms with Crippen molar-refractivity contribution in [3.05, 3.63) is 106 Å². The van der Waals surface area contributed by atoms with Gasteiger partial charge in [0.2, 0.25) is 0 Å². The summed E-state index contributed by atoms with van der Waals surface area (Å²) >= 11 is 0. The lowest BCUT2D eigenvalue weighted by Crippen LogP contribution is -2.49. The van der Waals surface area contributed by atoms with Crippen LogP contribution in [0.3, 0.4) is 0 Å². The molecule has 0 amide bonds. The lowest BCUT2D eigenvalue weighted by molar-refractivity contribution is -0.384. The Labute approximate surface area is 205 Å². The second kappa shape index (κ2) is 9.24. The van der Waals surface area contributed by atoms with Crippen LogP contribution in [0.1, 0.15) is 41.9 Å². The van der Waals surface area contributed by atoms with Gasteiger partial charge in [-0.25, -0.2) is 0 Å². The van der Waals surface area contributed by atoms with E-state index in [2.05, 4.69) is 29.6 Å². The van der Waals surface area contributed by atoms with E-state index in [0.29, 0.717) is 12.8 Å². The average Bonchev–Trinajstić information content (AvgIpc) is 2.90. The number of anilines is 1. The summed E-state index contributed by atoms with van der Waals surface area (Å²) in [6.07, 6.45) is 2.72. The first-order valence-electron chi connectivity index (χ1n) is 12.0. The maximum Gasteiger partial charge on any atom is 0.269 e. The Kier molecular flexibility index (Phi) is 5.97. The molecule has 0 unspecified atom stereocenters. The zero-order chi connectivity index (χ0) is 24.4. The van der Waals surface area contributed by atoms with Crippen molar-refractivity contribution in [3.63, 3.8) is 0 Å². The summed E-state index contributed by atoms with van der Waals surface area (Å²) in [6.45, 7) is 0. The standard InChI is InChI=1S/C29H26N4O2/c30-18-29(19-31)17-25-27(15-22(29)12-11-20-7-3-1-4-8-20)32-26-14-13-23(33(34)35)16-24(26)28(25)21-9-5-2-6-10-21/h1-10,13-14,16,22,25,27-28,32H,11-12,15,17H2/t22-,25+,27+,28+/m1/s1. The molecule has 4 atom stereocenters. The lowest BCUT2D eigenvalue weighted by atomic mass is 9.56. The molecule has 6 nitrogen and oxygen atoms in total. The predicted octanol–water partition coefficient (Wildman–Crippen LogP) is 6.21. The lowest BCUT2D eigenvalue weighted by Gasteiger charge is -2.49. The first-order valence-corrected chi connectivity index (χ1v) is 12.0. The van der Waals surface area contributed by atoms with Gasteiger partial charge in [-0.3, -0.25) is 10.1 Å². The van der Waals surface area contributed by atoms with Crippen molar-refractivity contribution in [2.75, 3.05) is 5.32 Å². The quantitative estimate of drug-likeness (QED) is 0.358. The van der Waals surface area contributed by atoms with E-state index in [1.54, 1.807) is 18.2 Å². The molecule has 3 aromatic carbocycles. The van der Waals surface area contributed by atoms with Crippen molar-refractivity contribution in [1.82, 2.24) is 0 Å². The molecule has 0 spiro atoms. The second-order valence-electron chi connectivity index (χ2n) is 9.69. The summed E-state index contributed by atoms with van der Waals surface area (Å²) in [5.74, 6) is -0.227. The fraction of sp³-hybridized carbons (Fsp3) is 0.310. The fourth-order valence-corrected chi connectivity index (χ4v) is 6.10. The van der Waals surface area contributed by atoms with E-state index < -0.39 is 5.41 Å². The SMILES string of the molecule is N#CC1(C#N)C[C@@H]2[C@@H](c3ccccc3)c3cc([N+](=O)[O-])ccc3N[C@H]2C[C@H]1CCc1ccccc1. The van der Waals surface area contributed by atoms with Crippen molar-refractivity contribution < 1.29 is 4.92 Å². The molecule has 1 N–H and O–H groups in total. The maximum atomic E-state index is 11.5. The number of non-ortho nitro benzene ring substituents is 1. The van der Waals surface area contributed by atoms with E-state index in [4.69, 9.17) is 0 Å². The molecule has 5 rings (SSSR count). The Bertz CT molecular complexity index is 1300. The number of nitrogens with one attached hydrogen (secondary N) is 1. The van der Waals surface area contributed by atoms with Gasteiger partial charge < -0.3 is 5.32 Å². The summed E-state index contributed by atoms with van der Waals surface area (Å²) in [4.78, 5) is 11.2. The highest BCUT2D eigenvalue weighted by atomic mass is 16.6. The van der Waals surface area contributed by atoms with E-state index in [-0.39, 0.29) is 34.4 Å². The second-order valence-corrected chi connectivity index (χ2v) is 9.69. The van der Waals surface area contributed by atoms with Crippen LogP contribution in [0, 0.1) is 50.0 Å². The third-order valence-electron chi connectivity index (χ3n) is 7.84. The van der Waals surface area contributed by atoms with E-state index >= 15 is 0 Å². The molecule has 1 saturated carbocycles. The fourth-order valence-electron chi connectivity index (χ4n) is 6.10. The number of benzene rings is 3. The minimum absolute atomic E-state index is 0.0285. The third kappa shape index (κ3) is 4.13. The van der Waals surface area contributed by atoms with Gasteiger partial charge in [0, 0.05) is 29.8 Å². The number of aryl methyl sites for hydroxylation is 1.